The zero-order valence-electron chi connectivity index (χ0n) is 11.5. The Balaban J connectivity index is 2.34. The normalized spacial score (nSPS) is 10.2. The van der Waals surface area contributed by atoms with Crippen LogP contribution >= 0.6 is 0 Å². The lowest BCUT2D eigenvalue weighted by Gasteiger charge is -2.12. The van der Waals surface area contributed by atoms with Gasteiger partial charge >= 0.3 is 0 Å². The Labute approximate surface area is 121 Å². The van der Waals surface area contributed by atoms with Crippen molar-refractivity contribution < 1.29 is 19.4 Å². The molecule has 21 heavy (non-hydrogen) atoms. The smallest absolute Gasteiger partial charge is 0.250 e. The van der Waals surface area contributed by atoms with Crippen molar-refractivity contribution in [2.24, 2.45) is 5.73 Å². The molecular weight excluding hydrogens is 272 g/mol. The van der Waals surface area contributed by atoms with Gasteiger partial charge in [-0.1, -0.05) is 6.07 Å². The average molecular weight is 288 g/mol. The van der Waals surface area contributed by atoms with Crippen LogP contribution in [-0.2, 0) is 6.61 Å². The van der Waals surface area contributed by atoms with Gasteiger partial charge in [0.1, 0.15) is 5.75 Å². The van der Waals surface area contributed by atoms with Crippen LogP contribution in [0.15, 0.2) is 36.4 Å². The second kappa shape index (κ2) is 6.15. The molecule has 0 spiro atoms. The average Bonchev–Trinajstić information content (AvgIpc) is 2.49. The van der Waals surface area contributed by atoms with E-state index in [4.69, 9.17) is 26.0 Å². The molecule has 0 saturated carbocycles. The van der Waals surface area contributed by atoms with E-state index in [0.717, 1.165) is 0 Å². The van der Waals surface area contributed by atoms with E-state index >= 15 is 0 Å². The predicted molar refractivity (Wildman–Crippen MR) is 78.4 cm³/mol. The summed E-state index contributed by atoms with van der Waals surface area (Å²) in [7, 11) is 1.50. The molecule has 6 heteroatoms. The van der Waals surface area contributed by atoms with Gasteiger partial charge in [0.05, 0.1) is 19.3 Å². The van der Waals surface area contributed by atoms with E-state index in [-0.39, 0.29) is 17.9 Å². The van der Waals surface area contributed by atoms with Gasteiger partial charge in [-0.15, -0.1) is 0 Å². The van der Waals surface area contributed by atoms with Crippen LogP contribution in [0.1, 0.15) is 15.9 Å². The third-order valence-electron chi connectivity index (χ3n) is 2.93. The van der Waals surface area contributed by atoms with Crippen molar-refractivity contribution in [1.29, 1.82) is 0 Å². The number of ether oxygens (including phenoxy) is 2. The Morgan fingerprint density at radius 2 is 1.95 bits per heavy atom. The largest absolute Gasteiger partial charge is 0.493 e. The van der Waals surface area contributed by atoms with Crippen molar-refractivity contribution in [1.82, 2.24) is 0 Å². The predicted octanol–water partition coefficient (Wildman–Crippen LogP) is 1.66. The quantitative estimate of drug-likeness (QED) is 0.725. The van der Waals surface area contributed by atoms with Gasteiger partial charge in [-0.05, 0) is 35.9 Å². The molecule has 0 aliphatic carbocycles. The summed E-state index contributed by atoms with van der Waals surface area (Å²) in [5.41, 5.74) is 12.1. The highest BCUT2D eigenvalue weighted by molar-refractivity contribution is 5.98. The second-order valence-corrected chi connectivity index (χ2v) is 4.36. The number of carbonyl (C=O) groups is 1. The molecule has 0 bridgehead atoms. The summed E-state index contributed by atoms with van der Waals surface area (Å²) in [6.45, 7) is -0.0929. The molecule has 0 unspecified atom stereocenters. The first kappa shape index (κ1) is 14.7. The minimum absolute atomic E-state index is 0.0929. The Bertz CT molecular complexity index is 671. The molecule has 110 valence electrons. The third kappa shape index (κ3) is 3.24. The standard InChI is InChI=1S/C15H16N2O4/c1-20-14-6-9(8-18)2-5-13(14)21-10-3-4-12(16)11(7-10)15(17)19/h2-7,18H,8,16H2,1H3,(H2,17,19). The van der Waals surface area contributed by atoms with Gasteiger partial charge < -0.3 is 26.0 Å². The van der Waals surface area contributed by atoms with Gasteiger partial charge in [0.2, 0.25) is 0 Å². The van der Waals surface area contributed by atoms with Crippen molar-refractivity contribution in [3.63, 3.8) is 0 Å². The summed E-state index contributed by atoms with van der Waals surface area (Å²) >= 11 is 0. The lowest BCUT2D eigenvalue weighted by atomic mass is 10.1. The fourth-order valence-corrected chi connectivity index (χ4v) is 1.83. The number of methoxy groups -OCH3 is 1. The van der Waals surface area contributed by atoms with Crippen LogP contribution in [-0.4, -0.2) is 18.1 Å². The summed E-state index contributed by atoms with van der Waals surface area (Å²) in [5.74, 6) is 0.711. The molecule has 2 rings (SSSR count). The van der Waals surface area contributed by atoms with E-state index in [9.17, 15) is 4.79 Å². The topological polar surface area (TPSA) is 108 Å². The van der Waals surface area contributed by atoms with Gasteiger partial charge in [-0.3, -0.25) is 4.79 Å². The second-order valence-electron chi connectivity index (χ2n) is 4.36. The Morgan fingerprint density at radius 3 is 2.57 bits per heavy atom. The maximum Gasteiger partial charge on any atom is 0.250 e. The number of aliphatic hydroxyl groups excluding tert-OH is 1. The maximum atomic E-state index is 11.3. The van der Waals surface area contributed by atoms with E-state index in [0.29, 0.717) is 22.8 Å². The van der Waals surface area contributed by atoms with E-state index in [2.05, 4.69) is 0 Å². The number of nitrogens with two attached hydrogens (primary N) is 2. The number of hydrogen-bond acceptors (Lipinski definition) is 5. The minimum Gasteiger partial charge on any atom is -0.493 e. The molecule has 0 fully saturated rings. The van der Waals surface area contributed by atoms with Crippen LogP contribution in [0.5, 0.6) is 17.2 Å². The van der Waals surface area contributed by atoms with Crippen LogP contribution in [0.25, 0.3) is 0 Å². The number of aliphatic hydroxyl groups is 1. The SMILES string of the molecule is COc1cc(CO)ccc1Oc1ccc(N)c(C(N)=O)c1. The lowest BCUT2D eigenvalue weighted by molar-refractivity contribution is 0.100. The van der Waals surface area contributed by atoms with E-state index < -0.39 is 5.91 Å². The Morgan fingerprint density at radius 1 is 1.19 bits per heavy atom. The van der Waals surface area contributed by atoms with Crippen molar-refractivity contribution in [2.75, 3.05) is 12.8 Å². The third-order valence-corrected chi connectivity index (χ3v) is 2.93. The molecule has 0 aliphatic rings. The van der Waals surface area contributed by atoms with Crippen molar-refractivity contribution in [3.8, 4) is 17.2 Å². The molecule has 0 atom stereocenters. The molecule has 0 saturated heterocycles. The number of carbonyl (C=O) groups excluding carboxylic acids is 1. The molecule has 6 nitrogen and oxygen atoms in total. The first-order valence-electron chi connectivity index (χ1n) is 6.20. The van der Waals surface area contributed by atoms with Gasteiger partial charge in [0.15, 0.2) is 11.5 Å². The summed E-state index contributed by atoms with van der Waals surface area (Å²) in [5, 5.41) is 9.10. The molecule has 0 radical (unpaired) electrons. The molecule has 0 heterocycles. The van der Waals surface area contributed by atoms with Crippen molar-refractivity contribution >= 4 is 11.6 Å². The molecule has 0 aliphatic heterocycles. The maximum absolute atomic E-state index is 11.3. The van der Waals surface area contributed by atoms with Gasteiger partial charge in [0, 0.05) is 5.69 Å². The van der Waals surface area contributed by atoms with Gasteiger partial charge in [-0.2, -0.15) is 0 Å². The lowest BCUT2D eigenvalue weighted by Crippen LogP contribution is -2.13. The highest BCUT2D eigenvalue weighted by atomic mass is 16.5. The number of rotatable bonds is 5. The fourth-order valence-electron chi connectivity index (χ4n) is 1.83. The summed E-state index contributed by atoms with van der Waals surface area (Å²) in [6, 6.07) is 9.69. The molecular formula is C15H16N2O4. The monoisotopic (exact) mass is 288 g/mol. The highest BCUT2D eigenvalue weighted by Gasteiger charge is 2.10. The summed E-state index contributed by atoms with van der Waals surface area (Å²) in [6.07, 6.45) is 0. The minimum atomic E-state index is -0.624. The van der Waals surface area contributed by atoms with Crippen LogP contribution in [0.4, 0.5) is 5.69 Å². The van der Waals surface area contributed by atoms with Crippen LogP contribution in [0, 0.1) is 0 Å². The van der Waals surface area contributed by atoms with Crippen LogP contribution in [0.2, 0.25) is 0 Å². The van der Waals surface area contributed by atoms with Gasteiger partial charge in [0.25, 0.3) is 5.91 Å². The molecule has 1 amide bonds. The van der Waals surface area contributed by atoms with Crippen LogP contribution < -0.4 is 20.9 Å². The van der Waals surface area contributed by atoms with E-state index in [1.165, 1.54) is 13.2 Å². The number of nitrogen functional groups attached to an aromatic ring is 1. The first-order valence-corrected chi connectivity index (χ1v) is 6.20. The summed E-state index contributed by atoms with van der Waals surface area (Å²) in [4.78, 5) is 11.3. The molecule has 2 aromatic carbocycles. The number of primary amides is 1. The fraction of sp³-hybridized carbons (Fsp3) is 0.133. The van der Waals surface area contributed by atoms with Crippen LogP contribution in [0.3, 0.4) is 0 Å². The Kier molecular flexibility index (Phi) is 4.30. The van der Waals surface area contributed by atoms with Gasteiger partial charge in [-0.25, -0.2) is 0 Å². The number of benzene rings is 2. The zero-order valence-corrected chi connectivity index (χ0v) is 11.5. The number of hydrogen-bond donors (Lipinski definition) is 3. The molecule has 0 aromatic heterocycles. The molecule has 5 N–H and O–H groups in total. The molecule has 2 aromatic rings. The summed E-state index contributed by atoms with van der Waals surface area (Å²) < 4.78 is 10.9. The number of amides is 1. The number of anilines is 1. The van der Waals surface area contributed by atoms with E-state index in [1.54, 1.807) is 30.3 Å². The zero-order chi connectivity index (χ0) is 15.4. The van der Waals surface area contributed by atoms with E-state index in [1.807, 2.05) is 0 Å². The van der Waals surface area contributed by atoms with Crippen molar-refractivity contribution in [2.45, 2.75) is 6.61 Å². The van der Waals surface area contributed by atoms with Crippen molar-refractivity contribution in [3.05, 3.63) is 47.5 Å². The first-order chi connectivity index (χ1) is 10.0. The Hall–Kier alpha value is -2.73. The highest BCUT2D eigenvalue weighted by Crippen LogP contribution is 2.33.